The molecule has 0 saturated carbocycles. The summed E-state index contributed by atoms with van der Waals surface area (Å²) in [5, 5.41) is 1.31. The van der Waals surface area contributed by atoms with Gasteiger partial charge in [-0.2, -0.15) is 9.29 Å². The third-order valence-electron chi connectivity index (χ3n) is 5.45. The Kier molecular flexibility index (Phi) is 5.82. The van der Waals surface area contributed by atoms with E-state index in [2.05, 4.69) is 14.8 Å². The molecule has 8 heteroatoms. The van der Waals surface area contributed by atoms with E-state index in [9.17, 15) is 8.42 Å². The van der Waals surface area contributed by atoms with Gasteiger partial charge >= 0.3 is 0 Å². The van der Waals surface area contributed by atoms with Crippen molar-refractivity contribution in [3.63, 3.8) is 0 Å². The van der Waals surface area contributed by atoms with Gasteiger partial charge in [-0.1, -0.05) is 29.8 Å². The molecule has 29 heavy (non-hydrogen) atoms. The summed E-state index contributed by atoms with van der Waals surface area (Å²) >= 11 is 0. The Labute approximate surface area is 172 Å². The molecule has 0 bridgehead atoms. The zero-order valence-electron chi connectivity index (χ0n) is 16.7. The molecule has 0 radical (unpaired) electrons. The Morgan fingerprint density at radius 2 is 1.59 bits per heavy atom. The Morgan fingerprint density at radius 1 is 0.897 bits per heavy atom. The molecule has 2 fully saturated rings. The zero-order valence-corrected chi connectivity index (χ0v) is 17.6. The molecule has 154 valence electrons. The van der Waals surface area contributed by atoms with Crippen molar-refractivity contribution < 1.29 is 8.42 Å². The first kappa shape index (κ1) is 19.8. The van der Waals surface area contributed by atoms with E-state index in [1.165, 1.54) is 22.6 Å². The van der Waals surface area contributed by atoms with Crippen molar-refractivity contribution in [3.8, 4) is 0 Å². The second-order valence-electron chi connectivity index (χ2n) is 7.55. The predicted molar refractivity (Wildman–Crippen MR) is 116 cm³/mol. The predicted octanol–water partition coefficient (Wildman–Crippen LogP) is 2.51. The highest BCUT2D eigenvalue weighted by Crippen LogP contribution is 2.21. The molecular weight excluding hydrogens is 386 g/mol. The van der Waals surface area contributed by atoms with Crippen molar-refractivity contribution in [3.05, 3.63) is 53.1 Å². The Morgan fingerprint density at radius 3 is 2.28 bits per heavy atom. The number of aryl methyl sites for hydroxylation is 1. The van der Waals surface area contributed by atoms with Crippen LogP contribution in [0.2, 0.25) is 0 Å². The lowest BCUT2D eigenvalue weighted by molar-refractivity contribution is 0.389. The highest BCUT2D eigenvalue weighted by atomic mass is 32.2. The molecule has 2 aliphatic heterocycles. The van der Waals surface area contributed by atoms with Crippen molar-refractivity contribution >= 4 is 27.9 Å². The molecule has 4 rings (SSSR count). The highest BCUT2D eigenvalue weighted by molar-refractivity contribution is 7.92. The Balaban J connectivity index is 1.38. The molecule has 0 amide bonds. The van der Waals surface area contributed by atoms with E-state index in [1.54, 1.807) is 12.3 Å². The standard InChI is InChI=1S/C21H27N5O2S/c1-18-4-6-19(7-5-18)9-17-29(27,28)26-15-13-24(14-16-26)20-8-10-22-21(23-20)25-11-2-3-12-25/h4-10,17H,2-3,11-16H2,1H3/b17-9+. The molecule has 0 N–H and O–H groups in total. The average Bonchev–Trinajstić information content (AvgIpc) is 3.29. The summed E-state index contributed by atoms with van der Waals surface area (Å²) in [5.41, 5.74) is 2.03. The summed E-state index contributed by atoms with van der Waals surface area (Å²) in [6.07, 6.45) is 5.82. The van der Waals surface area contributed by atoms with Crippen LogP contribution in [0.1, 0.15) is 24.0 Å². The van der Waals surface area contributed by atoms with Gasteiger partial charge in [-0.25, -0.2) is 13.4 Å². The second kappa shape index (κ2) is 8.51. The summed E-state index contributed by atoms with van der Waals surface area (Å²) in [4.78, 5) is 13.5. The second-order valence-corrected chi connectivity index (χ2v) is 9.37. The summed E-state index contributed by atoms with van der Waals surface area (Å²) in [7, 11) is -3.43. The lowest BCUT2D eigenvalue weighted by Crippen LogP contribution is -2.48. The van der Waals surface area contributed by atoms with E-state index in [0.717, 1.165) is 36.0 Å². The Hall–Kier alpha value is -2.45. The molecule has 2 aromatic rings. The number of nitrogens with zero attached hydrogens (tertiary/aromatic N) is 5. The molecular formula is C21H27N5O2S. The van der Waals surface area contributed by atoms with Crippen LogP contribution in [-0.4, -0.2) is 62.0 Å². The maximum Gasteiger partial charge on any atom is 0.236 e. The van der Waals surface area contributed by atoms with E-state index in [1.807, 2.05) is 37.3 Å². The third kappa shape index (κ3) is 4.76. The first-order valence-corrected chi connectivity index (χ1v) is 11.6. The SMILES string of the molecule is Cc1ccc(/C=C/S(=O)(=O)N2CCN(c3ccnc(N4CCCC4)n3)CC2)cc1. The highest BCUT2D eigenvalue weighted by Gasteiger charge is 2.26. The van der Waals surface area contributed by atoms with Crippen LogP contribution in [0.4, 0.5) is 11.8 Å². The summed E-state index contributed by atoms with van der Waals surface area (Å²) in [6.45, 7) is 6.15. The van der Waals surface area contributed by atoms with Crippen LogP contribution in [0, 0.1) is 6.92 Å². The van der Waals surface area contributed by atoms with Crippen molar-refractivity contribution in [1.82, 2.24) is 14.3 Å². The van der Waals surface area contributed by atoms with E-state index < -0.39 is 10.0 Å². The van der Waals surface area contributed by atoms with Gasteiger partial charge in [0.2, 0.25) is 16.0 Å². The zero-order chi connectivity index (χ0) is 20.3. The number of piperazine rings is 1. The molecule has 2 aliphatic rings. The number of benzene rings is 1. The van der Waals surface area contributed by atoms with E-state index >= 15 is 0 Å². The fraction of sp³-hybridized carbons (Fsp3) is 0.429. The van der Waals surface area contributed by atoms with Gasteiger partial charge in [0.1, 0.15) is 5.82 Å². The minimum absolute atomic E-state index is 0.448. The topological polar surface area (TPSA) is 69.6 Å². The number of aromatic nitrogens is 2. The molecule has 0 aliphatic carbocycles. The minimum Gasteiger partial charge on any atom is -0.354 e. The van der Waals surface area contributed by atoms with Crippen LogP contribution in [-0.2, 0) is 10.0 Å². The molecule has 0 unspecified atom stereocenters. The van der Waals surface area contributed by atoms with Crippen molar-refractivity contribution in [2.24, 2.45) is 0 Å². The maximum atomic E-state index is 12.7. The third-order valence-corrected chi connectivity index (χ3v) is 7.01. The van der Waals surface area contributed by atoms with Gasteiger partial charge in [-0.05, 0) is 37.5 Å². The van der Waals surface area contributed by atoms with Gasteiger partial charge < -0.3 is 9.80 Å². The van der Waals surface area contributed by atoms with Crippen LogP contribution in [0.25, 0.3) is 6.08 Å². The molecule has 3 heterocycles. The summed E-state index contributed by atoms with van der Waals surface area (Å²) in [6, 6.07) is 9.70. The largest absolute Gasteiger partial charge is 0.354 e. The van der Waals surface area contributed by atoms with Crippen LogP contribution < -0.4 is 9.80 Å². The number of hydrogen-bond donors (Lipinski definition) is 0. The van der Waals surface area contributed by atoms with Gasteiger partial charge in [0, 0.05) is 50.9 Å². The molecule has 1 aromatic carbocycles. The number of anilines is 2. The smallest absolute Gasteiger partial charge is 0.236 e. The van der Waals surface area contributed by atoms with Crippen LogP contribution in [0.3, 0.4) is 0 Å². The van der Waals surface area contributed by atoms with Gasteiger partial charge in [-0.3, -0.25) is 0 Å². The fourth-order valence-electron chi connectivity index (χ4n) is 3.68. The van der Waals surface area contributed by atoms with Crippen molar-refractivity contribution in [2.45, 2.75) is 19.8 Å². The molecule has 7 nitrogen and oxygen atoms in total. The van der Waals surface area contributed by atoms with Crippen molar-refractivity contribution in [2.75, 3.05) is 49.1 Å². The quantitative estimate of drug-likeness (QED) is 0.750. The maximum absolute atomic E-state index is 12.7. The first-order valence-electron chi connectivity index (χ1n) is 10.1. The van der Waals surface area contributed by atoms with E-state index in [-0.39, 0.29) is 0 Å². The fourth-order valence-corrected chi connectivity index (χ4v) is 4.86. The summed E-state index contributed by atoms with van der Waals surface area (Å²) < 4.78 is 26.9. The van der Waals surface area contributed by atoms with E-state index in [0.29, 0.717) is 26.2 Å². The number of rotatable bonds is 5. The van der Waals surface area contributed by atoms with Crippen LogP contribution in [0.5, 0.6) is 0 Å². The number of hydrogen-bond acceptors (Lipinski definition) is 6. The Bertz CT molecular complexity index is 961. The normalized spacial score (nSPS) is 18.7. The van der Waals surface area contributed by atoms with Gasteiger partial charge in [0.15, 0.2) is 0 Å². The van der Waals surface area contributed by atoms with Gasteiger partial charge in [-0.15, -0.1) is 0 Å². The van der Waals surface area contributed by atoms with Crippen LogP contribution >= 0.6 is 0 Å². The minimum atomic E-state index is -3.43. The van der Waals surface area contributed by atoms with Crippen molar-refractivity contribution in [1.29, 1.82) is 0 Å². The molecule has 0 spiro atoms. The van der Waals surface area contributed by atoms with Gasteiger partial charge in [0.25, 0.3) is 0 Å². The molecule has 0 atom stereocenters. The molecule has 1 aromatic heterocycles. The number of sulfonamides is 1. The van der Waals surface area contributed by atoms with E-state index in [4.69, 9.17) is 4.98 Å². The molecule has 2 saturated heterocycles. The first-order chi connectivity index (χ1) is 14.0. The monoisotopic (exact) mass is 413 g/mol. The lowest BCUT2D eigenvalue weighted by Gasteiger charge is -2.34. The lowest BCUT2D eigenvalue weighted by atomic mass is 10.2. The summed E-state index contributed by atoms with van der Waals surface area (Å²) in [5.74, 6) is 1.64. The van der Waals surface area contributed by atoms with Gasteiger partial charge in [0.05, 0.1) is 0 Å². The average molecular weight is 414 g/mol. The van der Waals surface area contributed by atoms with Crippen LogP contribution in [0.15, 0.2) is 41.9 Å².